The van der Waals surface area contributed by atoms with Crippen molar-refractivity contribution >= 4 is 11.8 Å². The van der Waals surface area contributed by atoms with Gasteiger partial charge in [0.2, 0.25) is 11.8 Å². The molecule has 1 aliphatic heterocycles. The Hall–Kier alpha value is -1.06. The number of carbonyl (C=O) groups is 2. The summed E-state index contributed by atoms with van der Waals surface area (Å²) in [5, 5.41) is 0. The van der Waals surface area contributed by atoms with E-state index >= 15 is 0 Å². The van der Waals surface area contributed by atoms with E-state index < -0.39 is 0 Å². The first-order chi connectivity index (χ1) is 12.2. The largest absolute Gasteiger partial charge is 0.341 e. The molecule has 4 heteroatoms. The number of hydrogen-bond donors (Lipinski definition) is 0. The Labute approximate surface area is 151 Å². The summed E-state index contributed by atoms with van der Waals surface area (Å²) < 4.78 is 0. The zero-order valence-electron chi connectivity index (χ0n) is 15.4. The van der Waals surface area contributed by atoms with Crippen molar-refractivity contribution in [2.24, 2.45) is 35.5 Å². The monoisotopic (exact) mass is 344 g/mol. The number of amides is 2. The Morgan fingerprint density at radius 3 is 1.44 bits per heavy atom. The average Bonchev–Trinajstić information content (AvgIpc) is 3.39. The maximum absolute atomic E-state index is 13.0. The second-order valence-corrected chi connectivity index (χ2v) is 9.57. The van der Waals surface area contributed by atoms with Gasteiger partial charge in [0.25, 0.3) is 0 Å². The zero-order valence-corrected chi connectivity index (χ0v) is 15.4. The Morgan fingerprint density at radius 1 is 0.600 bits per heavy atom. The Balaban J connectivity index is 1.19. The summed E-state index contributed by atoms with van der Waals surface area (Å²) in [6, 6.07) is 0. The Bertz CT molecular complexity index is 514. The summed E-state index contributed by atoms with van der Waals surface area (Å²) in [5.74, 6) is 4.37. The van der Waals surface area contributed by atoms with Crippen LogP contribution in [0.1, 0.15) is 57.8 Å². The summed E-state index contributed by atoms with van der Waals surface area (Å²) in [5.41, 5.74) is 0. The molecule has 4 nitrogen and oxygen atoms in total. The standard InChI is InChI=1S/C21H32N2O2/c24-20(18-12-14-2-4-16(18)10-14)22-6-1-7-23(9-8-22)21(25)19-13-15-3-5-17(19)11-15/h14-19H,1-13H2/t14-,15-,16-,17-,18-,19-/m0/s1. The van der Waals surface area contributed by atoms with E-state index in [1.807, 2.05) is 0 Å². The van der Waals surface area contributed by atoms with Crippen molar-refractivity contribution in [1.82, 2.24) is 9.80 Å². The van der Waals surface area contributed by atoms with Crippen LogP contribution >= 0.6 is 0 Å². The van der Waals surface area contributed by atoms with E-state index in [1.165, 1.54) is 38.5 Å². The van der Waals surface area contributed by atoms with Gasteiger partial charge in [0.05, 0.1) is 0 Å². The fourth-order valence-electron chi connectivity index (χ4n) is 6.92. The molecule has 0 spiro atoms. The van der Waals surface area contributed by atoms with Crippen molar-refractivity contribution in [3.8, 4) is 0 Å². The third-order valence-electron chi connectivity index (χ3n) is 8.23. The van der Waals surface area contributed by atoms with Gasteiger partial charge in [-0.1, -0.05) is 12.8 Å². The highest BCUT2D eigenvalue weighted by Gasteiger charge is 2.46. The minimum atomic E-state index is 0.298. The molecule has 1 heterocycles. The van der Waals surface area contributed by atoms with Crippen molar-refractivity contribution in [1.29, 1.82) is 0 Å². The zero-order chi connectivity index (χ0) is 17.0. The van der Waals surface area contributed by atoms with Gasteiger partial charge in [0.15, 0.2) is 0 Å². The lowest BCUT2D eigenvalue weighted by Gasteiger charge is -2.30. The molecule has 5 rings (SSSR count). The SMILES string of the molecule is O=C([C@H]1C[C@H]2CC[C@H]1C2)N1CCCN(C(=O)[C@H]2C[C@H]3CC[C@H]2C3)CC1. The number of hydrogen-bond acceptors (Lipinski definition) is 2. The van der Waals surface area contributed by atoms with Crippen molar-refractivity contribution in [3.05, 3.63) is 0 Å². The third-order valence-corrected chi connectivity index (χ3v) is 8.23. The van der Waals surface area contributed by atoms with Crippen LogP contribution in [0.4, 0.5) is 0 Å². The van der Waals surface area contributed by atoms with Crippen LogP contribution in [0.2, 0.25) is 0 Å². The lowest BCUT2D eigenvalue weighted by molar-refractivity contribution is -0.139. The van der Waals surface area contributed by atoms with Crippen LogP contribution in [0.15, 0.2) is 0 Å². The molecule has 0 radical (unpaired) electrons. The highest BCUT2D eigenvalue weighted by Crippen LogP contribution is 2.50. The average molecular weight is 344 g/mol. The molecule has 0 aromatic rings. The van der Waals surface area contributed by atoms with Crippen LogP contribution in [-0.2, 0) is 9.59 Å². The van der Waals surface area contributed by atoms with Crippen molar-refractivity contribution < 1.29 is 9.59 Å². The van der Waals surface area contributed by atoms with Crippen molar-refractivity contribution in [2.75, 3.05) is 26.2 Å². The first-order valence-corrected chi connectivity index (χ1v) is 10.8. The number of nitrogens with zero attached hydrogens (tertiary/aromatic N) is 2. The maximum Gasteiger partial charge on any atom is 0.226 e. The van der Waals surface area contributed by atoms with Gasteiger partial charge in [-0.25, -0.2) is 0 Å². The summed E-state index contributed by atoms with van der Waals surface area (Å²) in [6.07, 6.45) is 11.0. The van der Waals surface area contributed by atoms with Gasteiger partial charge in [-0.3, -0.25) is 9.59 Å². The minimum Gasteiger partial charge on any atom is -0.341 e. The molecule has 5 aliphatic rings. The third kappa shape index (κ3) is 2.80. The molecule has 4 saturated carbocycles. The van der Waals surface area contributed by atoms with E-state index in [2.05, 4.69) is 9.80 Å². The molecule has 6 atom stereocenters. The molecule has 0 N–H and O–H groups in total. The fourth-order valence-corrected chi connectivity index (χ4v) is 6.92. The van der Waals surface area contributed by atoms with Gasteiger partial charge in [0, 0.05) is 38.0 Å². The van der Waals surface area contributed by atoms with Crippen LogP contribution in [-0.4, -0.2) is 47.8 Å². The van der Waals surface area contributed by atoms with Crippen molar-refractivity contribution in [3.63, 3.8) is 0 Å². The van der Waals surface area contributed by atoms with Crippen LogP contribution in [0.5, 0.6) is 0 Å². The Kier molecular flexibility index (Phi) is 4.05. The van der Waals surface area contributed by atoms with E-state index in [-0.39, 0.29) is 0 Å². The lowest BCUT2D eigenvalue weighted by Crippen LogP contribution is -2.43. The molecule has 0 aromatic heterocycles. The number of carbonyl (C=O) groups excluding carboxylic acids is 2. The predicted octanol–water partition coefficient (Wildman–Crippen LogP) is 2.92. The summed E-state index contributed by atoms with van der Waals surface area (Å²) in [4.78, 5) is 30.2. The molecule has 0 unspecified atom stereocenters. The quantitative estimate of drug-likeness (QED) is 0.773. The van der Waals surface area contributed by atoms with E-state index in [1.54, 1.807) is 0 Å². The van der Waals surface area contributed by atoms with Gasteiger partial charge in [-0.05, 0) is 68.6 Å². The molecule has 1 saturated heterocycles. The predicted molar refractivity (Wildman–Crippen MR) is 95.7 cm³/mol. The van der Waals surface area contributed by atoms with Gasteiger partial charge in [-0.15, -0.1) is 0 Å². The van der Waals surface area contributed by atoms with E-state index in [0.29, 0.717) is 35.5 Å². The number of rotatable bonds is 2. The highest BCUT2D eigenvalue weighted by molar-refractivity contribution is 5.81. The van der Waals surface area contributed by atoms with Gasteiger partial charge in [-0.2, -0.15) is 0 Å². The molecular weight excluding hydrogens is 312 g/mol. The van der Waals surface area contributed by atoms with Crippen LogP contribution in [0.25, 0.3) is 0 Å². The fraction of sp³-hybridized carbons (Fsp3) is 0.905. The molecule has 4 bridgehead atoms. The molecular formula is C21H32N2O2. The van der Waals surface area contributed by atoms with E-state index in [9.17, 15) is 9.59 Å². The molecule has 2 amide bonds. The minimum absolute atomic E-state index is 0.298. The summed E-state index contributed by atoms with van der Waals surface area (Å²) in [7, 11) is 0. The first-order valence-electron chi connectivity index (χ1n) is 10.8. The van der Waals surface area contributed by atoms with Crippen LogP contribution < -0.4 is 0 Å². The molecule has 4 aliphatic carbocycles. The van der Waals surface area contributed by atoms with Gasteiger partial charge in [0.1, 0.15) is 0 Å². The van der Waals surface area contributed by atoms with E-state index in [4.69, 9.17) is 0 Å². The lowest BCUT2D eigenvalue weighted by atomic mass is 9.87. The van der Waals surface area contributed by atoms with Gasteiger partial charge >= 0.3 is 0 Å². The second kappa shape index (κ2) is 6.28. The van der Waals surface area contributed by atoms with Crippen molar-refractivity contribution in [2.45, 2.75) is 57.8 Å². The van der Waals surface area contributed by atoms with Crippen LogP contribution in [0, 0.1) is 35.5 Å². The smallest absolute Gasteiger partial charge is 0.226 e. The summed E-state index contributed by atoms with van der Waals surface area (Å²) >= 11 is 0. The van der Waals surface area contributed by atoms with Gasteiger partial charge < -0.3 is 9.80 Å². The molecule has 25 heavy (non-hydrogen) atoms. The number of fused-ring (bicyclic) bond motifs is 4. The molecule has 0 aromatic carbocycles. The Morgan fingerprint density at radius 2 is 1.08 bits per heavy atom. The summed E-state index contributed by atoms with van der Waals surface area (Å²) in [6.45, 7) is 3.24. The molecule has 5 fully saturated rings. The molecule has 138 valence electrons. The first kappa shape index (κ1) is 16.1. The maximum atomic E-state index is 13.0. The van der Waals surface area contributed by atoms with E-state index in [0.717, 1.165) is 57.3 Å². The second-order valence-electron chi connectivity index (χ2n) is 9.57. The highest BCUT2D eigenvalue weighted by atomic mass is 16.2. The topological polar surface area (TPSA) is 40.6 Å². The van der Waals surface area contributed by atoms with Crippen LogP contribution in [0.3, 0.4) is 0 Å². The normalized spacial score (nSPS) is 42.9.